The summed E-state index contributed by atoms with van der Waals surface area (Å²) >= 11 is 0. The Bertz CT molecular complexity index is 194. The Kier molecular flexibility index (Phi) is 4.74. The van der Waals surface area contributed by atoms with Gasteiger partial charge in [-0.3, -0.25) is 4.55 Å². The van der Waals surface area contributed by atoms with Gasteiger partial charge in [-0.15, -0.1) is 4.28 Å². The number of urea groups is 1. The maximum Gasteiger partial charge on any atom is 0.418 e. The lowest BCUT2D eigenvalue weighted by molar-refractivity contribution is 0.173. The molecule has 0 rings (SSSR count). The quantitative estimate of drug-likeness (QED) is 0.314. The van der Waals surface area contributed by atoms with Crippen LogP contribution >= 0.6 is 0 Å². The van der Waals surface area contributed by atoms with Crippen molar-refractivity contribution in [2.75, 3.05) is 0 Å². The molecule has 0 heterocycles. The highest BCUT2D eigenvalue weighted by atomic mass is 32.3. The fourth-order valence-electron chi connectivity index (χ4n) is 0.0937. The Morgan fingerprint density at radius 3 is 2.10 bits per heavy atom. The molecule has 10 heavy (non-hydrogen) atoms. The monoisotopic (exact) mass is 174 g/mol. The van der Waals surface area contributed by atoms with Crippen LogP contribution in [0.1, 0.15) is 0 Å². The van der Waals surface area contributed by atoms with E-state index in [-0.39, 0.29) is 5.48 Å². The number of nitrogens with two attached hydrogens (primary N) is 1. The number of carbonyl (C=O) groups is 1. The molecule has 0 radical (unpaired) electrons. The van der Waals surface area contributed by atoms with Gasteiger partial charge < -0.3 is 11.2 Å². The molecule has 0 atom stereocenters. The normalized spacial score (nSPS) is 9.70. The molecular weight excluding hydrogens is 168 g/mol. The van der Waals surface area contributed by atoms with Crippen molar-refractivity contribution >= 4 is 16.4 Å². The van der Waals surface area contributed by atoms with E-state index >= 15 is 0 Å². The van der Waals surface area contributed by atoms with Crippen LogP contribution in [0.5, 0.6) is 0 Å². The minimum absolute atomic E-state index is 0. The first-order valence-electron chi connectivity index (χ1n) is 1.63. The van der Waals surface area contributed by atoms with E-state index in [0.717, 1.165) is 0 Å². The van der Waals surface area contributed by atoms with Crippen LogP contribution in [0.3, 0.4) is 0 Å². The highest BCUT2D eigenvalue weighted by Crippen LogP contribution is 1.77. The molecule has 0 unspecified atom stereocenters. The summed E-state index contributed by atoms with van der Waals surface area (Å²) in [6.07, 6.45) is 0. The van der Waals surface area contributed by atoms with Crippen molar-refractivity contribution in [3.05, 3.63) is 0 Å². The third kappa shape index (κ3) is 10.2. The summed E-state index contributed by atoms with van der Waals surface area (Å²) in [7, 11) is -4.63. The van der Waals surface area contributed by atoms with Crippen LogP contribution in [-0.2, 0) is 14.7 Å². The van der Waals surface area contributed by atoms with Gasteiger partial charge in [0.05, 0.1) is 0 Å². The first-order chi connectivity index (χ1) is 3.92. The van der Waals surface area contributed by atoms with Crippen molar-refractivity contribution in [1.29, 1.82) is 0 Å². The second-order valence-corrected chi connectivity index (χ2v) is 2.00. The molecule has 9 heteroatoms. The van der Waals surface area contributed by atoms with E-state index in [4.69, 9.17) is 4.55 Å². The van der Waals surface area contributed by atoms with E-state index in [2.05, 4.69) is 10.0 Å². The third-order valence-corrected chi connectivity index (χ3v) is 0.542. The number of hydrogen-bond donors (Lipinski definition) is 3. The summed E-state index contributed by atoms with van der Waals surface area (Å²) in [6, 6.07) is -1.22. The minimum atomic E-state index is -4.63. The SMILES string of the molecule is NC(=O)NOS(=O)(=O)O.O. The zero-order valence-corrected chi connectivity index (χ0v) is 5.38. The summed E-state index contributed by atoms with van der Waals surface area (Å²) < 4.78 is 30.2. The highest BCUT2D eigenvalue weighted by molar-refractivity contribution is 7.80. The number of carbonyl (C=O) groups excluding carboxylic acids is 1. The van der Waals surface area contributed by atoms with Crippen LogP contribution in [0, 0.1) is 0 Å². The zero-order valence-electron chi connectivity index (χ0n) is 4.57. The van der Waals surface area contributed by atoms with Crippen LogP contribution in [0.25, 0.3) is 0 Å². The van der Waals surface area contributed by atoms with Gasteiger partial charge in [-0.25, -0.2) is 4.79 Å². The molecule has 0 aliphatic rings. The van der Waals surface area contributed by atoms with Crippen LogP contribution in [0.2, 0.25) is 0 Å². The first-order valence-corrected chi connectivity index (χ1v) is 2.99. The first kappa shape index (κ1) is 11.8. The summed E-state index contributed by atoms with van der Waals surface area (Å²) in [5, 5.41) is 0. The number of rotatable bonds is 2. The van der Waals surface area contributed by atoms with E-state index < -0.39 is 16.4 Å². The van der Waals surface area contributed by atoms with Crippen molar-refractivity contribution in [1.82, 2.24) is 5.48 Å². The second-order valence-electron chi connectivity index (χ2n) is 0.977. The van der Waals surface area contributed by atoms with Gasteiger partial charge in [0.15, 0.2) is 0 Å². The van der Waals surface area contributed by atoms with Crippen molar-refractivity contribution in [2.45, 2.75) is 0 Å². The maximum atomic E-state index is 9.66. The molecule has 0 aliphatic heterocycles. The van der Waals surface area contributed by atoms with E-state index in [1.54, 1.807) is 0 Å². The van der Waals surface area contributed by atoms with E-state index in [9.17, 15) is 13.2 Å². The minimum Gasteiger partial charge on any atom is -0.412 e. The standard InChI is InChI=1S/CH4N2O5S.H2O/c2-1(4)3-8-9(5,6)7;/h(H3,2,3,4)(H,5,6,7);1H2. The van der Waals surface area contributed by atoms with Gasteiger partial charge in [0.25, 0.3) is 0 Å². The number of hydroxylamine groups is 1. The largest absolute Gasteiger partial charge is 0.418 e. The third-order valence-electron chi connectivity index (χ3n) is 0.248. The molecule has 0 aliphatic carbocycles. The molecule has 8 nitrogen and oxygen atoms in total. The van der Waals surface area contributed by atoms with Crippen LogP contribution < -0.4 is 11.2 Å². The fraction of sp³-hybridized carbons (Fsp3) is 0. The number of primary amides is 1. The molecule has 0 saturated heterocycles. The molecule has 0 spiro atoms. The Morgan fingerprint density at radius 1 is 1.60 bits per heavy atom. The summed E-state index contributed by atoms with van der Waals surface area (Å²) in [5.41, 5.74) is 5.54. The predicted octanol–water partition coefficient (Wildman–Crippen LogP) is -2.44. The predicted molar refractivity (Wildman–Crippen MR) is 29.0 cm³/mol. The molecule has 2 amide bonds. The van der Waals surface area contributed by atoms with Gasteiger partial charge in [-0.2, -0.15) is 13.9 Å². The van der Waals surface area contributed by atoms with Crippen LogP contribution in [-0.4, -0.2) is 24.5 Å². The van der Waals surface area contributed by atoms with Crippen molar-refractivity contribution in [2.24, 2.45) is 5.73 Å². The van der Waals surface area contributed by atoms with Gasteiger partial charge in [-0.1, -0.05) is 0 Å². The summed E-state index contributed by atoms with van der Waals surface area (Å²) in [6.45, 7) is 0. The molecule has 0 bridgehead atoms. The number of hydrogen-bond acceptors (Lipinski definition) is 4. The van der Waals surface area contributed by atoms with Crippen LogP contribution in [0.4, 0.5) is 4.79 Å². The molecule has 0 saturated carbocycles. The lowest BCUT2D eigenvalue weighted by atomic mass is 11.2. The van der Waals surface area contributed by atoms with Gasteiger partial charge >= 0.3 is 16.4 Å². The van der Waals surface area contributed by atoms with Gasteiger partial charge in [-0.05, 0) is 0 Å². The molecule has 0 aromatic heterocycles. The fourth-order valence-corrected chi connectivity index (χ4v) is 0.281. The van der Waals surface area contributed by atoms with Crippen molar-refractivity contribution < 1.29 is 27.5 Å². The molecule has 62 valence electrons. The zero-order chi connectivity index (χ0) is 7.49. The lowest BCUT2D eigenvalue weighted by Gasteiger charge is -1.94. The average Bonchev–Trinajstić information content (AvgIpc) is 1.59. The summed E-state index contributed by atoms with van der Waals surface area (Å²) in [4.78, 5) is 9.66. The van der Waals surface area contributed by atoms with E-state index in [1.807, 2.05) is 0 Å². The van der Waals surface area contributed by atoms with Crippen LogP contribution in [0.15, 0.2) is 0 Å². The Hall–Kier alpha value is -0.900. The molecule has 6 N–H and O–H groups in total. The van der Waals surface area contributed by atoms with Crippen molar-refractivity contribution in [3.63, 3.8) is 0 Å². The van der Waals surface area contributed by atoms with E-state index in [0.29, 0.717) is 0 Å². The summed E-state index contributed by atoms with van der Waals surface area (Å²) in [5.74, 6) is 0. The maximum absolute atomic E-state index is 9.66. The topological polar surface area (TPSA) is 150 Å². The number of amides is 2. The molecular formula is CH6N2O6S. The Morgan fingerprint density at radius 2 is 2.00 bits per heavy atom. The second kappa shape index (κ2) is 4.00. The van der Waals surface area contributed by atoms with Gasteiger partial charge in [0.1, 0.15) is 0 Å². The molecule has 0 aromatic carbocycles. The highest BCUT2D eigenvalue weighted by Gasteiger charge is 2.04. The Labute approximate surface area is 56.2 Å². The van der Waals surface area contributed by atoms with Gasteiger partial charge in [0, 0.05) is 0 Å². The van der Waals surface area contributed by atoms with E-state index in [1.165, 1.54) is 5.48 Å². The van der Waals surface area contributed by atoms with Gasteiger partial charge in [0.2, 0.25) is 0 Å². The lowest BCUT2D eigenvalue weighted by Crippen LogP contribution is -2.31. The van der Waals surface area contributed by atoms with Crippen molar-refractivity contribution in [3.8, 4) is 0 Å². The smallest absolute Gasteiger partial charge is 0.412 e. The molecule has 0 aromatic rings. The Balaban J connectivity index is 0. The number of nitrogens with one attached hydrogen (secondary N) is 1. The molecule has 0 fully saturated rings. The average molecular weight is 174 g/mol.